The van der Waals surface area contributed by atoms with Gasteiger partial charge < -0.3 is 5.32 Å². The number of aryl methyl sites for hydroxylation is 1. The minimum atomic E-state index is 0.300. The Morgan fingerprint density at radius 3 is 2.53 bits per heavy atom. The van der Waals surface area contributed by atoms with Gasteiger partial charge in [-0.3, -0.25) is 0 Å². The Bertz CT molecular complexity index is 566. The molecule has 2 aromatic carbocycles. The van der Waals surface area contributed by atoms with Gasteiger partial charge in [0.2, 0.25) is 0 Å². The lowest BCUT2D eigenvalue weighted by atomic mass is 10.1. The van der Waals surface area contributed by atoms with Crippen molar-refractivity contribution >= 4 is 23.2 Å². The van der Waals surface area contributed by atoms with Crippen LogP contribution in [0.3, 0.4) is 0 Å². The van der Waals surface area contributed by atoms with Crippen molar-refractivity contribution in [2.24, 2.45) is 0 Å². The van der Waals surface area contributed by atoms with E-state index in [0.717, 1.165) is 12.1 Å². The predicted octanol–water partition coefficient (Wildman–Crippen LogP) is 5.15. The first-order chi connectivity index (χ1) is 9.06. The monoisotopic (exact) mass is 293 g/mol. The first-order valence-electron chi connectivity index (χ1n) is 6.30. The first-order valence-corrected chi connectivity index (χ1v) is 7.06. The summed E-state index contributed by atoms with van der Waals surface area (Å²) in [5.74, 6) is 0. The van der Waals surface area contributed by atoms with Gasteiger partial charge in [0.25, 0.3) is 0 Å². The third-order valence-electron chi connectivity index (χ3n) is 3.14. The maximum absolute atomic E-state index is 6.01. The highest BCUT2D eigenvalue weighted by atomic mass is 35.5. The van der Waals surface area contributed by atoms with E-state index in [2.05, 4.69) is 43.4 Å². The van der Waals surface area contributed by atoms with Crippen LogP contribution in [0, 0.1) is 6.92 Å². The molecule has 100 valence electrons. The van der Waals surface area contributed by atoms with E-state index < -0.39 is 0 Å². The van der Waals surface area contributed by atoms with E-state index in [0.29, 0.717) is 16.1 Å². The molecule has 0 aromatic heterocycles. The highest BCUT2D eigenvalue weighted by molar-refractivity contribution is 6.42. The Morgan fingerprint density at radius 1 is 1.05 bits per heavy atom. The molecule has 0 radical (unpaired) electrons. The van der Waals surface area contributed by atoms with Gasteiger partial charge in [-0.05, 0) is 37.1 Å². The minimum Gasteiger partial charge on any atom is -0.306 e. The normalized spacial score (nSPS) is 12.4. The Balaban J connectivity index is 2.00. The molecule has 1 atom stereocenters. The second-order valence-corrected chi connectivity index (χ2v) is 5.58. The zero-order valence-corrected chi connectivity index (χ0v) is 12.6. The molecular weight excluding hydrogens is 277 g/mol. The highest BCUT2D eigenvalue weighted by Crippen LogP contribution is 2.23. The molecule has 0 heterocycles. The van der Waals surface area contributed by atoms with Gasteiger partial charge in [-0.2, -0.15) is 0 Å². The van der Waals surface area contributed by atoms with Crippen molar-refractivity contribution in [3.63, 3.8) is 0 Å². The van der Waals surface area contributed by atoms with Crippen molar-refractivity contribution in [2.45, 2.75) is 26.4 Å². The zero-order chi connectivity index (χ0) is 13.8. The molecule has 0 saturated carbocycles. The predicted molar refractivity (Wildman–Crippen MR) is 82.9 cm³/mol. The van der Waals surface area contributed by atoms with Crippen LogP contribution in [0.4, 0.5) is 0 Å². The lowest BCUT2D eigenvalue weighted by Gasteiger charge is -2.15. The number of rotatable bonds is 4. The number of nitrogens with one attached hydrogen (secondary N) is 1. The third-order valence-corrected chi connectivity index (χ3v) is 3.88. The summed E-state index contributed by atoms with van der Waals surface area (Å²) >= 11 is 11.9. The largest absolute Gasteiger partial charge is 0.306 e. The van der Waals surface area contributed by atoms with Crippen molar-refractivity contribution in [2.75, 3.05) is 0 Å². The molecular formula is C16H17Cl2N. The van der Waals surface area contributed by atoms with Crippen LogP contribution in [0.25, 0.3) is 0 Å². The molecule has 0 spiro atoms. The molecule has 2 rings (SSSR count). The first kappa shape index (κ1) is 14.4. The summed E-state index contributed by atoms with van der Waals surface area (Å²) in [6.07, 6.45) is 0. The summed E-state index contributed by atoms with van der Waals surface area (Å²) in [7, 11) is 0. The maximum atomic E-state index is 6.01. The van der Waals surface area contributed by atoms with Crippen molar-refractivity contribution in [3.8, 4) is 0 Å². The Hall–Kier alpha value is -1.02. The highest BCUT2D eigenvalue weighted by Gasteiger charge is 2.05. The van der Waals surface area contributed by atoms with E-state index in [1.807, 2.05) is 18.2 Å². The summed E-state index contributed by atoms with van der Waals surface area (Å²) in [4.78, 5) is 0. The van der Waals surface area contributed by atoms with Gasteiger partial charge in [-0.15, -0.1) is 0 Å². The van der Waals surface area contributed by atoms with Gasteiger partial charge in [-0.1, -0.05) is 59.1 Å². The van der Waals surface area contributed by atoms with Gasteiger partial charge in [0.15, 0.2) is 0 Å². The second-order valence-electron chi connectivity index (χ2n) is 4.77. The van der Waals surface area contributed by atoms with Crippen LogP contribution in [-0.4, -0.2) is 0 Å². The lowest BCUT2D eigenvalue weighted by Crippen LogP contribution is -2.18. The molecule has 1 nitrogen and oxygen atoms in total. The van der Waals surface area contributed by atoms with Crippen molar-refractivity contribution in [3.05, 3.63) is 69.2 Å². The van der Waals surface area contributed by atoms with E-state index >= 15 is 0 Å². The molecule has 2 aromatic rings. The fraction of sp³-hybridized carbons (Fsp3) is 0.250. The molecule has 1 N–H and O–H groups in total. The summed E-state index contributed by atoms with van der Waals surface area (Å²) in [5, 5.41) is 4.68. The summed E-state index contributed by atoms with van der Waals surface area (Å²) in [6, 6.07) is 14.6. The molecule has 0 saturated heterocycles. The number of hydrogen-bond donors (Lipinski definition) is 1. The van der Waals surface area contributed by atoms with Gasteiger partial charge in [0.05, 0.1) is 10.0 Å². The summed E-state index contributed by atoms with van der Waals surface area (Å²) in [6.45, 7) is 5.04. The molecule has 0 aliphatic carbocycles. The topological polar surface area (TPSA) is 12.0 Å². The van der Waals surface area contributed by atoms with E-state index in [-0.39, 0.29) is 0 Å². The van der Waals surface area contributed by atoms with Crippen molar-refractivity contribution in [1.82, 2.24) is 5.32 Å². The maximum Gasteiger partial charge on any atom is 0.0595 e. The average Bonchev–Trinajstić information content (AvgIpc) is 2.40. The van der Waals surface area contributed by atoms with Crippen LogP contribution in [0.2, 0.25) is 10.0 Å². The minimum absolute atomic E-state index is 0.300. The van der Waals surface area contributed by atoms with Gasteiger partial charge in [0.1, 0.15) is 0 Å². The van der Waals surface area contributed by atoms with Crippen molar-refractivity contribution < 1.29 is 0 Å². The van der Waals surface area contributed by atoms with E-state index in [1.165, 1.54) is 11.1 Å². The van der Waals surface area contributed by atoms with Crippen LogP contribution >= 0.6 is 23.2 Å². The van der Waals surface area contributed by atoms with Gasteiger partial charge in [0, 0.05) is 12.6 Å². The Kier molecular flexibility index (Phi) is 4.87. The molecule has 3 heteroatoms. The van der Waals surface area contributed by atoms with Crippen LogP contribution < -0.4 is 5.32 Å². The van der Waals surface area contributed by atoms with Crippen LogP contribution in [-0.2, 0) is 6.54 Å². The molecule has 0 amide bonds. The Labute approximate surface area is 124 Å². The van der Waals surface area contributed by atoms with Crippen LogP contribution in [0.5, 0.6) is 0 Å². The SMILES string of the molecule is Cc1cccc([C@H](C)NCc2ccc(Cl)c(Cl)c2)c1. The fourth-order valence-electron chi connectivity index (χ4n) is 1.98. The molecule has 0 unspecified atom stereocenters. The van der Waals surface area contributed by atoms with E-state index in [9.17, 15) is 0 Å². The quantitative estimate of drug-likeness (QED) is 0.822. The molecule has 0 fully saturated rings. The molecule has 19 heavy (non-hydrogen) atoms. The van der Waals surface area contributed by atoms with E-state index in [4.69, 9.17) is 23.2 Å². The fourth-order valence-corrected chi connectivity index (χ4v) is 2.30. The third kappa shape index (κ3) is 3.97. The average molecular weight is 294 g/mol. The van der Waals surface area contributed by atoms with E-state index in [1.54, 1.807) is 0 Å². The van der Waals surface area contributed by atoms with Crippen LogP contribution in [0.1, 0.15) is 29.7 Å². The molecule has 0 aliphatic heterocycles. The number of halogens is 2. The van der Waals surface area contributed by atoms with Crippen molar-refractivity contribution in [1.29, 1.82) is 0 Å². The van der Waals surface area contributed by atoms with Gasteiger partial charge >= 0.3 is 0 Å². The molecule has 0 aliphatic rings. The van der Waals surface area contributed by atoms with Crippen LogP contribution in [0.15, 0.2) is 42.5 Å². The Morgan fingerprint density at radius 2 is 1.84 bits per heavy atom. The summed E-state index contributed by atoms with van der Waals surface area (Å²) in [5.41, 5.74) is 3.70. The zero-order valence-electron chi connectivity index (χ0n) is 11.1. The number of hydrogen-bond acceptors (Lipinski definition) is 1. The smallest absolute Gasteiger partial charge is 0.0595 e. The second kappa shape index (κ2) is 6.42. The standard InChI is InChI=1S/C16H17Cl2N/c1-11-4-3-5-14(8-11)12(2)19-10-13-6-7-15(17)16(18)9-13/h3-9,12,19H,10H2,1-2H3/t12-/m0/s1. The lowest BCUT2D eigenvalue weighted by molar-refractivity contribution is 0.574. The summed E-state index contributed by atoms with van der Waals surface area (Å²) < 4.78 is 0. The molecule has 0 bridgehead atoms. The number of benzene rings is 2. The van der Waals surface area contributed by atoms with Gasteiger partial charge in [-0.25, -0.2) is 0 Å².